The van der Waals surface area contributed by atoms with Gasteiger partial charge < -0.3 is 15.0 Å². The minimum Gasteiger partial charge on any atom is -0.379 e. The molecule has 1 saturated heterocycles. The van der Waals surface area contributed by atoms with Crippen molar-refractivity contribution in [1.82, 2.24) is 14.9 Å². The lowest BCUT2D eigenvalue weighted by Gasteiger charge is -2.48. The molecule has 27 heavy (non-hydrogen) atoms. The molecule has 1 aliphatic heterocycles. The molecule has 0 bridgehead atoms. The molecule has 2 heterocycles. The third-order valence-electron chi connectivity index (χ3n) is 5.50. The van der Waals surface area contributed by atoms with Crippen molar-refractivity contribution in [2.45, 2.75) is 43.8 Å². The maximum absolute atomic E-state index is 13.2. The fourth-order valence-corrected chi connectivity index (χ4v) is 3.98. The Bertz CT molecular complexity index is 626. The lowest BCUT2D eigenvalue weighted by atomic mass is 9.80. The predicted molar refractivity (Wildman–Crippen MR) is 98.1 cm³/mol. The van der Waals surface area contributed by atoms with E-state index in [4.69, 9.17) is 4.74 Å². The maximum atomic E-state index is 13.2. The first-order valence-electron chi connectivity index (χ1n) is 9.50. The highest BCUT2D eigenvalue weighted by Crippen LogP contribution is 2.35. The second-order valence-corrected chi connectivity index (χ2v) is 7.57. The summed E-state index contributed by atoms with van der Waals surface area (Å²) in [5.41, 5.74) is -0.995. The van der Waals surface area contributed by atoms with Crippen LogP contribution in [0.15, 0.2) is 6.07 Å². The molecule has 3 rings (SSSR count). The van der Waals surface area contributed by atoms with E-state index in [1.807, 2.05) is 0 Å². The Kier molecular flexibility index (Phi) is 6.10. The van der Waals surface area contributed by atoms with Gasteiger partial charge in [0, 0.05) is 45.3 Å². The van der Waals surface area contributed by atoms with Crippen molar-refractivity contribution in [3.63, 3.8) is 0 Å². The van der Waals surface area contributed by atoms with Gasteiger partial charge in [-0.05, 0) is 12.8 Å². The van der Waals surface area contributed by atoms with Crippen LogP contribution in [0.1, 0.15) is 37.8 Å². The van der Waals surface area contributed by atoms with Crippen LogP contribution < -0.4 is 10.2 Å². The summed E-state index contributed by atoms with van der Waals surface area (Å²) in [7, 11) is 3.34. The number of rotatable bonds is 5. The van der Waals surface area contributed by atoms with Crippen molar-refractivity contribution in [2.24, 2.45) is 0 Å². The van der Waals surface area contributed by atoms with E-state index in [-0.39, 0.29) is 17.3 Å². The van der Waals surface area contributed by atoms with Crippen LogP contribution in [0, 0.1) is 0 Å². The van der Waals surface area contributed by atoms with Crippen LogP contribution in [0.25, 0.3) is 0 Å². The molecule has 0 aromatic carbocycles. The molecule has 2 fully saturated rings. The first-order valence-corrected chi connectivity index (χ1v) is 9.50. The van der Waals surface area contributed by atoms with Crippen molar-refractivity contribution < 1.29 is 17.9 Å². The fourth-order valence-electron chi connectivity index (χ4n) is 3.98. The summed E-state index contributed by atoms with van der Waals surface area (Å²) >= 11 is 0. The molecule has 1 aliphatic carbocycles. The average molecular weight is 387 g/mol. The smallest absolute Gasteiger partial charge is 0.379 e. The number of hydrogen-bond donors (Lipinski definition) is 1. The van der Waals surface area contributed by atoms with E-state index in [1.165, 1.54) is 6.42 Å². The molecular weight excluding hydrogens is 359 g/mol. The van der Waals surface area contributed by atoms with Crippen LogP contribution in [0.5, 0.6) is 0 Å². The van der Waals surface area contributed by atoms with Crippen LogP contribution in [0.3, 0.4) is 0 Å². The number of anilines is 2. The van der Waals surface area contributed by atoms with Gasteiger partial charge >= 0.3 is 6.18 Å². The van der Waals surface area contributed by atoms with E-state index < -0.39 is 11.9 Å². The number of aromatic nitrogens is 2. The Morgan fingerprint density at radius 3 is 2.41 bits per heavy atom. The normalized spacial score (nSPS) is 21.1. The fraction of sp³-hybridized carbons (Fsp3) is 0.778. The Balaban J connectivity index is 1.81. The van der Waals surface area contributed by atoms with Crippen molar-refractivity contribution >= 4 is 11.8 Å². The van der Waals surface area contributed by atoms with Gasteiger partial charge in [-0.15, -0.1) is 0 Å². The summed E-state index contributed by atoms with van der Waals surface area (Å²) < 4.78 is 45.1. The summed E-state index contributed by atoms with van der Waals surface area (Å²) in [5.74, 6) is 0.274. The van der Waals surface area contributed by atoms with Crippen molar-refractivity contribution in [2.75, 3.05) is 57.2 Å². The summed E-state index contributed by atoms with van der Waals surface area (Å²) in [6.45, 7) is 3.66. The predicted octanol–water partition coefficient (Wildman–Crippen LogP) is 3.01. The zero-order chi connectivity index (χ0) is 19.5. The highest BCUT2D eigenvalue weighted by molar-refractivity contribution is 5.44. The average Bonchev–Trinajstić information content (AvgIpc) is 2.67. The number of alkyl halides is 3. The quantitative estimate of drug-likeness (QED) is 0.838. The molecule has 0 atom stereocenters. The molecule has 2 aliphatic rings. The van der Waals surface area contributed by atoms with Gasteiger partial charge in [0.15, 0.2) is 5.69 Å². The number of nitrogens with one attached hydrogen (secondary N) is 1. The molecule has 152 valence electrons. The third-order valence-corrected chi connectivity index (χ3v) is 5.50. The van der Waals surface area contributed by atoms with Gasteiger partial charge in [-0.1, -0.05) is 19.3 Å². The molecule has 0 spiro atoms. The minimum absolute atomic E-state index is 0.0340. The molecule has 1 aromatic heterocycles. The summed E-state index contributed by atoms with van der Waals surface area (Å²) in [6, 6.07) is 0.976. The molecule has 9 heteroatoms. The van der Waals surface area contributed by atoms with Crippen molar-refractivity contribution in [1.29, 1.82) is 0 Å². The highest BCUT2D eigenvalue weighted by atomic mass is 19.4. The molecule has 6 nitrogen and oxygen atoms in total. The Morgan fingerprint density at radius 2 is 1.81 bits per heavy atom. The van der Waals surface area contributed by atoms with E-state index in [0.717, 1.165) is 44.8 Å². The number of hydrogen-bond acceptors (Lipinski definition) is 6. The zero-order valence-corrected chi connectivity index (χ0v) is 16.0. The summed E-state index contributed by atoms with van der Waals surface area (Å²) in [6.07, 6.45) is 1.02. The largest absolute Gasteiger partial charge is 0.433 e. The Labute approximate surface area is 158 Å². The molecule has 1 N–H and O–H groups in total. The lowest BCUT2D eigenvalue weighted by molar-refractivity contribution is -0.141. The van der Waals surface area contributed by atoms with Gasteiger partial charge in [-0.25, -0.2) is 4.98 Å². The summed E-state index contributed by atoms with van der Waals surface area (Å²) in [5, 5.41) is 3.13. The first kappa shape index (κ1) is 20.1. The lowest BCUT2D eigenvalue weighted by Crippen LogP contribution is -2.58. The van der Waals surface area contributed by atoms with Gasteiger partial charge in [-0.3, -0.25) is 4.90 Å². The molecule has 0 unspecified atom stereocenters. The van der Waals surface area contributed by atoms with Crippen LogP contribution in [0.2, 0.25) is 0 Å². The number of ether oxygens (including phenoxy) is 1. The number of morpholine rings is 1. The van der Waals surface area contributed by atoms with Crippen molar-refractivity contribution in [3.8, 4) is 0 Å². The van der Waals surface area contributed by atoms with E-state index in [9.17, 15) is 13.2 Å². The molecule has 1 saturated carbocycles. The van der Waals surface area contributed by atoms with Gasteiger partial charge in [0.1, 0.15) is 5.82 Å². The zero-order valence-electron chi connectivity index (χ0n) is 16.0. The van der Waals surface area contributed by atoms with Gasteiger partial charge in [-0.2, -0.15) is 18.2 Å². The van der Waals surface area contributed by atoms with E-state index in [2.05, 4.69) is 20.2 Å². The minimum atomic E-state index is -4.50. The third kappa shape index (κ3) is 4.82. The highest BCUT2D eigenvalue weighted by Gasteiger charge is 2.39. The van der Waals surface area contributed by atoms with E-state index >= 15 is 0 Å². The van der Waals surface area contributed by atoms with E-state index in [1.54, 1.807) is 19.0 Å². The second-order valence-electron chi connectivity index (χ2n) is 7.57. The SMILES string of the molecule is CN(C)c1cc(C(F)(F)F)nc(NCC2(N3CCOCC3)CCCCC2)n1. The van der Waals surface area contributed by atoms with Crippen LogP contribution in [-0.2, 0) is 10.9 Å². The monoisotopic (exact) mass is 387 g/mol. The molecule has 0 radical (unpaired) electrons. The van der Waals surface area contributed by atoms with Gasteiger partial charge in [0.2, 0.25) is 5.95 Å². The summed E-state index contributed by atoms with van der Waals surface area (Å²) in [4.78, 5) is 12.0. The van der Waals surface area contributed by atoms with Gasteiger partial charge in [0.25, 0.3) is 0 Å². The van der Waals surface area contributed by atoms with Crippen molar-refractivity contribution in [3.05, 3.63) is 11.8 Å². The van der Waals surface area contributed by atoms with E-state index in [0.29, 0.717) is 19.8 Å². The molecule has 0 amide bonds. The first-order chi connectivity index (χ1) is 12.8. The van der Waals surface area contributed by atoms with Crippen LogP contribution >= 0.6 is 0 Å². The second kappa shape index (κ2) is 8.18. The molecular formula is C18H28F3N5O. The topological polar surface area (TPSA) is 53.5 Å². The van der Waals surface area contributed by atoms with Crippen LogP contribution in [-0.4, -0.2) is 67.4 Å². The van der Waals surface area contributed by atoms with Crippen LogP contribution in [0.4, 0.5) is 24.9 Å². The standard InChI is InChI=1S/C18H28F3N5O/c1-25(2)15-12-14(18(19,20)21)23-16(24-15)22-13-17(6-4-3-5-7-17)26-8-10-27-11-9-26/h12H,3-11,13H2,1-2H3,(H,22,23,24). The Hall–Kier alpha value is -1.61. The molecule has 1 aromatic rings. The Morgan fingerprint density at radius 1 is 1.15 bits per heavy atom. The number of halogens is 3. The maximum Gasteiger partial charge on any atom is 0.433 e. The van der Waals surface area contributed by atoms with Gasteiger partial charge in [0.05, 0.1) is 13.2 Å². The number of nitrogens with zero attached hydrogens (tertiary/aromatic N) is 4.